The van der Waals surface area contributed by atoms with Gasteiger partial charge < -0.3 is 14.6 Å². The number of aromatic nitrogens is 2. The fraction of sp³-hybridized carbons (Fsp3) is 0.250. The fourth-order valence-corrected chi connectivity index (χ4v) is 3.45. The van der Waals surface area contributed by atoms with Gasteiger partial charge in [-0.25, -0.2) is 4.98 Å². The third-order valence-corrected chi connectivity index (χ3v) is 4.94. The van der Waals surface area contributed by atoms with Gasteiger partial charge in [0.1, 0.15) is 5.76 Å². The van der Waals surface area contributed by atoms with E-state index in [1.165, 1.54) is 18.0 Å². The van der Waals surface area contributed by atoms with Crippen LogP contribution < -0.4 is 10.1 Å². The molecule has 0 atom stereocenters. The molecule has 6 nitrogen and oxygen atoms in total. The van der Waals surface area contributed by atoms with Crippen molar-refractivity contribution in [2.45, 2.75) is 30.3 Å². The van der Waals surface area contributed by atoms with Crippen LogP contribution in [0.4, 0.5) is 13.2 Å². The third-order valence-electron chi connectivity index (χ3n) is 3.84. The summed E-state index contributed by atoms with van der Waals surface area (Å²) >= 11 is 1.42. The van der Waals surface area contributed by atoms with E-state index in [1.807, 2.05) is 25.1 Å². The van der Waals surface area contributed by atoms with Crippen LogP contribution in [0.3, 0.4) is 0 Å². The number of hydrogen-bond acceptors (Lipinski definition) is 6. The molecule has 1 aromatic carbocycles. The number of alkyl halides is 3. The topological polar surface area (TPSA) is 77.2 Å². The number of amides is 1. The van der Waals surface area contributed by atoms with Gasteiger partial charge in [-0.15, -0.1) is 11.8 Å². The third kappa shape index (κ3) is 6.24. The normalized spacial score (nSPS) is 11.3. The number of halogens is 3. The van der Waals surface area contributed by atoms with Crippen molar-refractivity contribution in [2.75, 3.05) is 6.61 Å². The number of carbonyl (C=O) groups is 1. The average molecular weight is 437 g/mol. The molecule has 0 saturated carbocycles. The molecule has 0 aliphatic rings. The molecule has 0 spiro atoms. The van der Waals surface area contributed by atoms with E-state index in [0.29, 0.717) is 22.6 Å². The lowest BCUT2D eigenvalue weighted by Gasteiger charge is -2.13. The van der Waals surface area contributed by atoms with E-state index >= 15 is 0 Å². The Morgan fingerprint density at radius 3 is 2.77 bits per heavy atom. The van der Waals surface area contributed by atoms with Gasteiger partial charge in [-0.05, 0) is 25.1 Å². The summed E-state index contributed by atoms with van der Waals surface area (Å²) in [5, 5.41) is 6.54. The summed E-state index contributed by atoms with van der Waals surface area (Å²) in [6, 6.07) is 12.0. The maximum Gasteiger partial charge on any atom is 0.422 e. The van der Waals surface area contributed by atoms with Gasteiger partial charge in [0.15, 0.2) is 6.61 Å². The predicted molar refractivity (Wildman–Crippen MR) is 104 cm³/mol. The van der Waals surface area contributed by atoms with Crippen molar-refractivity contribution in [1.29, 1.82) is 0 Å². The molecule has 0 radical (unpaired) electrons. The van der Waals surface area contributed by atoms with Gasteiger partial charge in [0.05, 0.1) is 17.0 Å². The second-order valence-electron chi connectivity index (χ2n) is 6.27. The monoisotopic (exact) mass is 437 g/mol. The molecular weight excluding hydrogens is 419 g/mol. The second kappa shape index (κ2) is 9.66. The lowest BCUT2D eigenvalue weighted by Crippen LogP contribution is -2.25. The number of hydrogen-bond donors (Lipinski definition) is 1. The molecule has 1 N–H and O–H groups in total. The molecule has 2 heterocycles. The highest BCUT2D eigenvalue weighted by Crippen LogP contribution is 2.27. The van der Waals surface area contributed by atoms with Crippen molar-refractivity contribution in [1.82, 2.24) is 15.5 Å². The Bertz CT molecular complexity index is 1010. The first-order valence-electron chi connectivity index (χ1n) is 8.87. The summed E-state index contributed by atoms with van der Waals surface area (Å²) in [5.41, 5.74) is 1.56. The zero-order chi connectivity index (χ0) is 21.6. The standard InChI is InChI=1S/C20H18F3N3O3S/c1-13-9-15(29-26-13)11-30-17-7-3-2-6-16(17)18(27)25-10-14-5-4-8-24-19(14)28-12-20(21,22)23/h2-9H,10-12H2,1H3,(H,25,27). The summed E-state index contributed by atoms with van der Waals surface area (Å²) < 4.78 is 47.2. The molecule has 0 unspecified atom stereocenters. The Morgan fingerprint density at radius 1 is 1.23 bits per heavy atom. The van der Waals surface area contributed by atoms with E-state index in [-0.39, 0.29) is 18.3 Å². The van der Waals surface area contributed by atoms with Crippen LogP contribution in [0.5, 0.6) is 5.88 Å². The van der Waals surface area contributed by atoms with E-state index < -0.39 is 12.8 Å². The molecule has 1 amide bonds. The van der Waals surface area contributed by atoms with Crippen LogP contribution in [-0.4, -0.2) is 28.8 Å². The van der Waals surface area contributed by atoms with Gasteiger partial charge in [0, 0.05) is 29.3 Å². The lowest BCUT2D eigenvalue weighted by atomic mass is 10.2. The minimum absolute atomic E-state index is 0.0276. The van der Waals surface area contributed by atoms with E-state index in [1.54, 1.807) is 24.3 Å². The van der Waals surface area contributed by atoms with Crippen LogP contribution in [0.15, 0.2) is 58.1 Å². The highest BCUT2D eigenvalue weighted by atomic mass is 32.2. The van der Waals surface area contributed by atoms with Crippen LogP contribution in [0, 0.1) is 6.92 Å². The summed E-state index contributed by atoms with van der Waals surface area (Å²) in [5.74, 6) is 0.661. The minimum Gasteiger partial charge on any atom is -0.468 e. The van der Waals surface area contributed by atoms with Crippen molar-refractivity contribution in [3.63, 3.8) is 0 Å². The quantitative estimate of drug-likeness (QED) is 0.522. The molecule has 0 fully saturated rings. The Morgan fingerprint density at radius 2 is 2.03 bits per heavy atom. The first kappa shape index (κ1) is 21.7. The van der Waals surface area contributed by atoms with E-state index in [0.717, 1.165) is 10.6 Å². The molecule has 3 aromatic rings. The first-order valence-corrected chi connectivity index (χ1v) is 9.86. The van der Waals surface area contributed by atoms with Crippen LogP contribution in [0.25, 0.3) is 0 Å². The van der Waals surface area contributed by atoms with Gasteiger partial charge in [0.25, 0.3) is 5.91 Å². The van der Waals surface area contributed by atoms with Crippen molar-refractivity contribution < 1.29 is 27.2 Å². The van der Waals surface area contributed by atoms with Gasteiger partial charge in [-0.1, -0.05) is 23.4 Å². The number of rotatable bonds is 8. The van der Waals surface area contributed by atoms with Crippen LogP contribution >= 0.6 is 11.8 Å². The predicted octanol–water partition coefficient (Wildman–Crippen LogP) is 4.54. The summed E-state index contributed by atoms with van der Waals surface area (Å²) in [7, 11) is 0. The van der Waals surface area contributed by atoms with Crippen molar-refractivity contribution in [3.8, 4) is 5.88 Å². The molecule has 0 saturated heterocycles. The molecular formula is C20H18F3N3O3S. The summed E-state index contributed by atoms with van der Waals surface area (Å²) in [6.45, 7) is 0.343. The number of benzene rings is 1. The number of nitrogens with zero attached hydrogens (tertiary/aromatic N) is 2. The molecule has 10 heteroatoms. The Kier molecular flexibility index (Phi) is 6.99. The Hall–Kier alpha value is -3.01. The average Bonchev–Trinajstić information content (AvgIpc) is 3.14. The van der Waals surface area contributed by atoms with Gasteiger partial charge in [0.2, 0.25) is 5.88 Å². The number of aryl methyl sites for hydroxylation is 1. The highest BCUT2D eigenvalue weighted by molar-refractivity contribution is 7.98. The van der Waals surface area contributed by atoms with E-state index in [2.05, 4.69) is 15.5 Å². The zero-order valence-electron chi connectivity index (χ0n) is 15.9. The molecule has 30 heavy (non-hydrogen) atoms. The molecule has 158 valence electrons. The van der Waals surface area contributed by atoms with Crippen molar-refractivity contribution in [2.24, 2.45) is 0 Å². The van der Waals surface area contributed by atoms with E-state index in [4.69, 9.17) is 9.26 Å². The first-order chi connectivity index (χ1) is 14.3. The lowest BCUT2D eigenvalue weighted by molar-refractivity contribution is -0.154. The summed E-state index contributed by atoms with van der Waals surface area (Å²) in [6.07, 6.45) is -3.15. The largest absolute Gasteiger partial charge is 0.468 e. The maximum atomic E-state index is 12.7. The maximum absolute atomic E-state index is 12.7. The number of nitrogens with one attached hydrogen (secondary N) is 1. The number of carbonyl (C=O) groups excluding carboxylic acids is 1. The van der Waals surface area contributed by atoms with Crippen molar-refractivity contribution >= 4 is 17.7 Å². The van der Waals surface area contributed by atoms with Crippen molar-refractivity contribution in [3.05, 3.63) is 71.2 Å². The second-order valence-corrected chi connectivity index (χ2v) is 7.29. The Labute approximate surface area is 174 Å². The van der Waals surface area contributed by atoms with Crippen LogP contribution in [0.2, 0.25) is 0 Å². The number of pyridine rings is 1. The molecule has 0 aliphatic heterocycles. The zero-order valence-corrected chi connectivity index (χ0v) is 16.7. The fourth-order valence-electron chi connectivity index (χ4n) is 2.52. The van der Waals surface area contributed by atoms with E-state index in [9.17, 15) is 18.0 Å². The van der Waals surface area contributed by atoms with Crippen LogP contribution in [0.1, 0.15) is 27.4 Å². The molecule has 2 aromatic heterocycles. The minimum atomic E-state index is -4.48. The van der Waals surface area contributed by atoms with Gasteiger partial charge >= 0.3 is 6.18 Å². The van der Waals surface area contributed by atoms with Gasteiger partial charge in [-0.2, -0.15) is 13.2 Å². The van der Waals surface area contributed by atoms with Gasteiger partial charge in [-0.3, -0.25) is 4.79 Å². The number of ether oxygens (including phenoxy) is 1. The van der Waals surface area contributed by atoms with Crippen LogP contribution in [-0.2, 0) is 12.3 Å². The molecule has 3 rings (SSSR count). The Balaban J connectivity index is 1.64. The number of thioether (sulfide) groups is 1. The highest BCUT2D eigenvalue weighted by Gasteiger charge is 2.29. The summed E-state index contributed by atoms with van der Waals surface area (Å²) in [4.78, 5) is 17.2. The molecule has 0 aliphatic carbocycles. The SMILES string of the molecule is Cc1cc(CSc2ccccc2C(=O)NCc2cccnc2OCC(F)(F)F)on1. The molecule has 0 bridgehead atoms. The smallest absolute Gasteiger partial charge is 0.422 e.